The number of aromatic nitrogens is 2. The molecule has 27 heavy (non-hydrogen) atoms. The molecule has 3 aromatic rings. The molecule has 0 saturated carbocycles. The topological polar surface area (TPSA) is 71.7 Å². The van der Waals surface area contributed by atoms with Gasteiger partial charge in [-0.2, -0.15) is 0 Å². The lowest BCUT2D eigenvalue weighted by atomic mass is 10.3. The number of likely N-dealkylation sites (N-methyl/N-ethyl adjacent to an activating group) is 1. The van der Waals surface area contributed by atoms with Crippen LogP contribution in [0.5, 0.6) is 5.75 Å². The number of ether oxygens (including phenoxy) is 1. The lowest BCUT2D eigenvalue weighted by Gasteiger charge is -2.23. The van der Waals surface area contributed by atoms with Crippen molar-refractivity contribution in [2.75, 3.05) is 38.2 Å². The number of carbonyl (C=O) groups excluding carboxylic acids is 1. The zero-order valence-electron chi connectivity index (χ0n) is 16.1. The normalized spacial score (nSPS) is 11.3. The molecule has 144 valence electrons. The second kappa shape index (κ2) is 8.49. The lowest BCUT2D eigenvalue weighted by molar-refractivity contribution is 0.0948. The van der Waals surface area contributed by atoms with Gasteiger partial charge in [0.1, 0.15) is 5.75 Å². The molecule has 0 aliphatic carbocycles. The number of fused-ring (bicyclic) bond motifs is 1. The molecule has 0 unspecified atom stereocenters. The van der Waals surface area contributed by atoms with Crippen molar-refractivity contribution in [3.8, 4) is 5.75 Å². The molecule has 3 rings (SSSR count). The van der Waals surface area contributed by atoms with Gasteiger partial charge in [0, 0.05) is 19.2 Å². The standard InChI is InChI=1S/C19H24N4O3S/c1-5-22(6-2)9-10-23(18(24)16-11-13(3)21-26-16)19-20-15-8-7-14(25-4)12-17(15)27-19/h7-8,11-12H,5-6,9-10H2,1-4H3. The molecule has 0 bridgehead atoms. The van der Waals surface area contributed by atoms with Crippen LogP contribution < -0.4 is 9.64 Å². The van der Waals surface area contributed by atoms with E-state index in [4.69, 9.17) is 9.26 Å². The zero-order valence-corrected chi connectivity index (χ0v) is 16.9. The predicted octanol–water partition coefficient (Wildman–Crippen LogP) is 3.59. The smallest absolute Gasteiger partial charge is 0.298 e. The molecule has 0 fully saturated rings. The van der Waals surface area contributed by atoms with Crippen LogP contribution in [-0.2, 0) is 0 Å². The van der Waals surface area contributed by atoms with Gasteiger partial charge in [0.15, 0.2) is 5.13 Å². The van der Waals surface area contributed by atoms with Crippen LogP contribution in [0.15, 0.2) is 28.8 Å². The Bertz CT molecular complexity index is 917. The van der Waals surface area contributed by atoms with E-state index in [0.717, 1.165) is 35.6 Å². The first kappa shape index (κ1) is 19.3. The van der Waals surface area contributed by atoms with E-state index >= 15 is 0 Å². The molecule has 0 radical (unpaired) electrons. The van der Waals surface area contributed by atoms with Crippen molar-refractivity contribution in [1.82, 2.24) is 15.0 Å². The van der Waals surface area contributed by atoms with Crippen LogP contribution in [-0.4, -0.2) is 54.2 Å². The van der Waals surface area contributed by atoms with Gasteiger partial charge >= 0.3 is 0 Å². The summed E-state index contributed by atoms with van der Waals surface area (Å²) >= 11 is 1.46. The van der Waals surface area contributed by atoms with Gasteiger partial charge in [-0.15, -0.1) is 0 Å². The molecule has 0 atom stereocenters. The van der Waals surface area contributed by atoms with Crippen LogP contribution in [0, 0.1) is 6.92 Å². The second-order valence-electron chi connectivity index (χ2n) is 6.15. The SMILES string of the molecule is CCN(CC)CCN(C(=O)c1cc(C)no1)c1nc2ccc(OC)cc2s1. The third-order valence-corrected chi connectivity index (χ3v) is 5.47. The third kappa shape index (κ3) is 4.28. The van der Waals surface area contributed by atoms with Crippen LogP contribution >= 0.6 is 11.3 Å². The molecule has 2 heterocycles. The van der Waals surface area contributed by atoms with Gasteiger partial charge in [-0.25, -0.2) is 4.98 Å². The highest BCUT2D eigenvalue weighted by atomic mass is 32.1. The summed E-state index contributed by atoms with van der Waals surface area (Å²) in [6, 6.07) is 7.36. The van der Waals surface area contributed by atoms with Crippen LogP contribution in [0.1, 0.15) is 30.1 Å². The summed E-state index contributed by atoms with van der Waals surface area (Å²) in [5, 5.41) is 4.48. The van der Waals surface area contributed by atoms with Crippen LogP contribution in [0.25, 0.3) is 10.2 Å². The van der Waals surface area contributed by atoms with Crippen molar-refractivity contribution in [2.45, 2.75) is 20.8 Å². The molecule has 8 heteroatoms. The highest BCUT2D eigenvalue weighted by molar-refractivity contribution is 7.22. The highest BCUT2D eigenvalue weighted by Gasteiger charge is 2.25. The van der Waals surface area contributed by atoms with E-state index in [2.05, 4.69) is 28.9 Å². The monoisotopic (exact) mass is 388 g/mol. The van der Waals surface area contributed by atoms with Crippen molar-refractivity contribution in [3.05, 3.63) is 35.7 Å². The molecular weight excluding hydrogens is 364 g/mol. The third-order valence-electron chi connectivity index (χ3n) is 4.43. The second-order valence-corrected chi connectivity index (χ2v) is 7.16. The number of aryl methyl sites for hydroxylation is 1. The minimum Gasteiger partial charge on any atom is -0.497 e. The molecule has 2 aromatic heterocycles. The fraction of sp³-hybridized carbons (Fsp3) is 0.421. The quantitative estimate of drug-likeness (QED) is 0.587. The fourth-order valence-electron chi connectivity index (χ4n) is 2.80. The first-order chi connectivity index (χ1) is 13.0. The Morgan fingerprint density at radius 2 is 2.00 bits per heavy atom. The minimum absolute atomic E-state index is 0.226. The van der Waals surface area contributed by atoms with Crippen LogP contribution in [0.4, 0.5) is 5.13 Å². The zero-order chi connectivity index (χ0) is 19.4. The van der Waals surface area contributed by atoms with E-state index in [1.807, 2.05) is 18.2 Å². The Hall–Kier alpha value is -2.45. The Morgan fingerprint density at radius 1 is 1.22 bits per heavy atom. The first-order valence-corrected chi connectivity index (χ1v) is 9.79. The molecule has 1 aromatic carbocycles. The Labute approximate surface area is 162 Å². The molecule has 0 saturated heterocycles. The predicted molar refractivity (Wildman–Crippen MR) is 107 cm³/mol. The number of amides is 1. The van der Waals surface area contributed by atoms with Crippen molar-refractivity contribution in [3.63, 3.8) is 0 Å². The van der Waals surface area contributed by atoms with Crippen molar-refractivity contribution in [2.24, 2.45) is 0 Å². The summed E-state index contributed by atoms with van der Waals surface area (Å²) in [7, 11) is 1.63. The average Bonchev–Trinajstić information content (AvgIpc) is 3.30. The number of thiazole rings is 1. The van der Waals surface area contributed by atoms with Crippen LogP contribution in [0.2, 0.25) is 0 Å². The van der Waals surface area contributed by atoms with Crippen molar-refractivity contribution >= 4 is 32.6 Å². The molecular formula is C19H24N4O3S. The number of hydrogen-bond donors (Lipinski definition) is 0. The number of anilines is 1. The number of rotatable bonds is 8. The van der Waals surface area contributed by atoms with E-state index in [1.54, 1.807) is 25.0 Å². The Balaban J connectivity index is 1.94. The van der Waals surface area contributed by atoms with Gasteiger partial charge in [0.05, 0.1) is 23.0 Å². The lowest BCUT2D eigenvalue weighted by Crippen LogP contribution is -2.38. The van der Waals surface area contributed by atoms with Crippen LogP contribution in [0.3, 0.4) is 0 Å². The van der Waals surface area contributed by atoms with Gasteiger partial charge in [0.25, 0.3) is 5.91 Å². The average molecular weight is 388 g/mol. The van der Waals surface area contributed by atoms with Gasteiger partial charge in [-0.1, -0.05) is 30.3 Å². The van der Waals surface area contributed by atoms with E-state index in [0.29, 0.717) is 17.4 Å². The molecule has 0 N–H and O–H groups in total. The number of hydrogen-bond acceptors (Lipinski definition) is 7. The Kier molecular flexibility index (Phi) is 6.08. The molecule has 0 aliphatic rings. The number of methoxy groups -OCH3 is 1. The van der Waals surface area contributed by atoms with Gasteiger partial charge in [0.2, 0.25) is 5.76 Å². The van der Waals surface area contributed by atoms with Gasteiger partial charge in [-0.05, 0) is 38.2 Å². The molecule has 7 nitrogen and oxygen atoms in total. The van der Waals surface area contributed by atoms with Crippen molar-refractivity contribution in [1.29, 1.82) is 0 Å². The number of benzene rings is 1. The summed E-state index contributed by atoms with van der Waals surface area (Å²) in [6.07, 6.45) is 0. The van der Waals surface area contributed by atoms with E-state index in [-0.39, 0.29) is 11.7 Å². The van der Waals surface area contributed by atoms with E-state index < -0.39 is 0 Å². The largest absolute Gasteiger partial charge is 0.497 e. The number of nitrogens with zero attached hydrogens (tertiary/aromatic N) is 4. The minimum atomic E-state index is -0.228. The maximum absolute atomic E-state index is 13.1. The molecule has 0 spiro atoms. The van der Waals surface area contributed by atoms with Gasteiger partial charge < -0.3 is 14.2 Å². The summed E-state index contributed by atoms with van der Waals surface area (Å²) in [6.45, 7) is 9.15. The summed E-state index contributed by atoms with van der Waals surface area (Å²) < 4.78 is 11.5. The van der Waals surface area contributed by atoms with Crippen molar-refractivity contribution < 1.29 is 14.1 Å². The molecule has 0 aliphatic heterocycles. The highest BCUT2D eigenvalue weighted by Crippen LogP contribution is 2.32. The first-order valence-electron chi connectivity index (χ1n) is 8.97. The van der Waals surface area contributed by atoms with Gasteiger partial charge in [-0.3, -0.25) is 9.69 Å². The summed E-state index contributed by atoms with van der Waals surface area (Å²) in [5.74, 6) is 0.766. The number of carbonyl (C=O) groups is 1. The van der Waals surface area contributed by atoms with E-state index in [9.17, 15) is 4.79 Å². The maximum atomic E-state index is 13.1. The maximum Gasteiger partial charge on any atom is 0.298 e. The summed E-state index contributed by atoms with van der Waals surface area (Å²) in [4.78, 5) is 21.7. The molecule has 1 amide bonds. The van der Waals surface area contributed by atoms with E-state index in [1.165, 1.54) is 11.3 Å². The summed E-state index contributed by atoms with van der Waals surface area (Å²) in [5.41, 5.74) is 1.52. The fourth-order valence-corrected chi connectivity index (χ4v) is 3.82. The Morgan fingerprint density at radius 3 is 2.63 bits per heavy atom.